The molecule has 4 rings (SSSR count). The fourth-order valence-corrected chi connectivity index (χ4v) is 5.21. The number of hydrogen-bond acceptors (Lipinski definition) is 6. The van der Waals surface area contributed by atoms with Crippen LogP contribution >= 0.6 is 0 Å². The van der Waals surface area contributed by atoms with Gasteiger partial charge in [0.05, 0.1) is 11.7 Å². The maximum atomic E-state index is 13.2. The molecule has 1 aliphatic carbocycles. The van der Waals surface area contributed by atoms with E-state index in [0.29, 0.717) is 44.5 Å². The third kappa shape index (κ3) is 7.50. The molecule has 7 nitrogen and oxygen atoms in total. The minimum Gasteiger partial charge on any atom is -0.382 e. The fraction of sp³-hybridized carbons (Fsp3) is 0.552. The lowest BCUT2D eigenvalue weighted by atomic mass is 9.87. The van der Waals surface area contributed by atoms with Crippen LogP contribution in [-0.2, 0) is 21.1 Å². The third-order valence-electron chi connectivity index (χ3n) is 7.62. The molecule has 2 aromatic rings. The second-order valence-electron chi connectivity index (χ2n) is 11.4. The molecule has 212 valence electrons. The van der Waals surface area contributed by atoms with Gasteiger partial charge in [-0.15, -0.1) is 4.91 Å². The number of nitroso groups, excluding NO2 is 1. The molecule has 0 bridgehead atoms. The lowest BCUT2D eigenvalue weighted by molar-refractivity contribution is -0.139. The van der Waals surface area contributed by atoms with Crippen LogP contribution in [0.1, 0.15) is 57.6 Å². The van der Waals surface area contributed by atoms with Crippen LogP contribution in [0.4, 0.5) is 30.2 Å². The van der Waals surface area contributed by atoms with E-state index in [1.165, 1.54) is 17.3 Å². The molecule has 1 N–H and O–H groups in total. The van der Waals surface area contributed by atoms with Crippen LogP contribution in [0, 0.1) is 4.91 Å². The number of carbonyl (C=O) groups excluding carboxylic acids is 1. The summed E-state index contributed by atoms with van der Waals surface area (Å²) in [5, 5.41) is 5.61. The van der Waals surface area contributed by atoms with Crippen molar-refractivity contribution >= 4 is 23.0 Å². The summed E-state index contributed by atoms with van der Waals surface area (Å²) in [5.74, 6) is -0.0125. The molecule has 2 fully saturated rings. The summed E-state index contributed by atoms with van der Waals surface area (Å²) in [5.41, 5.74) is 1.22. The molecule has 1 saturated carbocycles. The lowest BCUT2D eigenvalue weighted by Crippen LogP contribution is -2.50. The number of nitrogens with zero attached hydrogens (tertiary/aromatic N) is 3. The van der Waals surface area contributed by atoms with Gasteiger partial charge in [-0.2, -0.15) is 13.2 Å². The first-order valence-electron chi connectivity index (χ1n) is 13.5. The summed E-state index contributed by atoms with van der Waals surface area (Å²) in [4.78, 5) is 27.6. The topological polar surface area (TPSA) is 74.2 Å². The van der Waals surface area contributed by atoms with Gasteiger partial charge < -0.3 is 19.9 Å². The number of rotatable bonds is 7. The van der Waals surface area contributed by atoms with Crippen LogP contribution in [0.15, 0.2) is 47.6 Å². The Labute approximate surface area is 227 Å². The standard InChI is InChI=1S/C29H37F3N4O3/c1-28(2,3)20-4-9-23(10-5-20)35-14-16-36(17-15-35)27(37)19-39-24-11-6-21(7-12-24)33-22-8-13-26(34-38)25(18-22)29(30,31)32/h4-5,8-10,13,18,21,24,33H,6-7,11-12,14-17,19H2,1-3H3. The molecule has 2 aliphatic rings. The van der Waals surface area contributed by atoms with Crippen LogP contribution in [0.3, 0.4) is 0 Å². The maximum Gasteiger partial charge on any atom is 0.418 e. The summed E-state index contributed by atoms with van der Waals surface area (Å²) in [7, 11) is 0. The van der Waals surface area contributed by atoms with Crippen molar-refractivity contribution in [2.45, 2.75) is 70.2 Å². The van der Waals surface area contributed by atoms with Crippen molar-refractivity contribution < 1.29 is 22.7 Å². The van der Waals surface area contributed by atoms with Crippen molar-refractivity contribution in [1.82, 2.24) is 4.90 Å². The van der Waals surface area contributed by atoms with Gasteiger partial charge >= 0.3 is 6.18 Å². The van der Waals surface area contributed by atoms with Crippen LogP contribution < -0.4 is 10.2 Å². The zero-order valence-electron chi connectivity index (χ0n) is 22.8. The van der Waals surface area contributed by atoms with Gasteiger partial charge in [-0.05, 0) is 72.2 Å². The smallest absolute Gasteiger partial charge is 0.382 e. The monoisotopic (exact) mass is 546 g/mol. The summed E-state index contributed by atoms with van der Waals surface area (Å²) in [6, 6.07) is 12.1. The number of benzene rings is 2. The fourth-order valence-electron chi connectivity index (χ4n) is 5.21. The van der Waals surface area contributed by atoms with Crippen LogP contribution in [0.2, 0.25) is 0 Å². The Morgan fingerprint density at radius 3 is 2.18 bits per heavy atom. The lowest BCUT2D eigenvalue weighted by Gasteiger charge is -2.37. The van der Waals surface area contributed by atoms with E-state index >= 15 is 0 Å². The molecule has 0 radical (unpaired) electrons. The van der Waals surface area contributed by atoms with E-state index in [0.717, 1.165) is 25.2 Å². The molecule has 0 aromatic heterocycles. The molecule has 2 aromatic carbocycles. The van der Waals surface area contributed by atoms with Gasteiger partial charge in [0.25, 0.3) is 0 Å². The third-order valence-corrected chi connectivity index (χ3v) is 7.62. The van der Waals surface area contributed by atoms with Crippen molar-refractivity contribution in [3.05, 3.63) is 58.5 Å². The Kier molecular flexibility index (Phi) is 8.83. The van der Waals surface area contributed by atoms with Crippen molar-refractivity contribution in [2.75, 3.05) is 43.0 Å². The Hall–Kier alpha value is -3.14. The van der Waals surface area contributed by atoms with Crippen LogP contribution in [0.25, 0.3) is 0 Å². The second-order valence-corrected chi connectivity index (χ2v) is 11.4. The molecule has 1 aliphatic heterocycles. The summed E-state index contributed by atoms with van der Waals surface area (Å²) < 4.78 is 45.5. The van der Waals surface area contributed by atoms with E-state index in [2.05, 4.69) is 60.4 Å². The van der Waals surface area contributed by atoms with E-state index in [-0.39, 0.29) is 30.1 Å². The van der Waals surface area contributed by atoms with E-state index in [9.17, 15) is 22.9 Å². The number of amides is 1. The number of hydrogen-bond donors (Lipinski definition) is 1. The SMILES string of the molecule is CC(C)(C)c1ccc(N2CCN(C(=O)COC3CCC(Nc4ccc(N=O)c(C(F)(F)F)c4)CC3)CC2)cc1. The molecule has 1 amide bonds. The summed E-state index contributed by atoms with van der Waals surface area (Å²) in [6.07, 6.45) is -1.86. The van der Waals surface area contributed by atoms with E-state index in [1.807, 2.05) is 4.90 Å². The number of anilines is 2. The Morgan fingerprint density at radius 2 is 1.62 bits per heavy atom. The maximum absolute atomic E-state index is 13.2. The Bertz CT molecular complexity index is 1130. The molecule has 1 saturated heterocycles. The van der Waals surface area contributed by atoms with Gasteiger partial charge in [-0.3, -0.25) is 4.79 Å². The summed E-state index contributed by atoms with van der Waals surface area (Å²) >= 11 is 0. The van der Waals surface area contributed by atoms with Crippen molar-refractivity contribution in [2.24, 2.45) is 5.18 Å². The summed E-state index contributed by atoms with van der Waals surface area (Å²) in [6.45, 7) is 9.48. The quantitative estimate of drug-likeness (QED) is 0.402. The number of piperazine rings is 1. The Balaban J connectivity index is 1.18. The molecule has 10 heteroatoms. The molecule has 0 atom stereocenters. The highest BCUT2D eigenvalue weighted by Crippen LogP contribution is 2.38. The number of alkyl halides is 3. The number of nitrogens with one attached hydrogen (secondary N) is 1. The Morgan fingerprint density at radius 1 is 0.974 bits per heavy atom. The van der Waals surface area contributed by atoms with Crippen molar-refractivity contribution in [1.29, 1.82) is 0 Å². The predicted molar refractivity (Wildman–Crippen MR) is 146 cm³/mol. The van der Waals surface area contributed by atoms with Crippen LogP contribution in [-0.4, -0.2) is 55.7 Å². The van der Waals surface area contributed by atoms with Gasteiger partial charge in [0.15, 0.2) is 0 Å². The van der Waals surface area contributed by atoms with Gasteiger partial charge in [-0.25, -0.2) is 0 Å². The number of carbonyl (C=O) groups is 1. The van der Waals surface area contributed by atoms with Crippen LogP contribution in [0.5, 0.6) is 0 Å². The normalized spacial score (nSPS) is 20.6. The molecule has 39 heavy (non-hydrogen) atoms. The first-order valence-corrected chi connectivity index (χ1v) is 13.5. The van der Waals surface area contributed by atoms with Gasteiger partial charge in [0.1, 0.15) is 12.3 Å². The number of ether oxygens (including phenoxy) is 1. The largest absolute Gasteiger partial charge is 0.418 e. The number of halogens is 3. The van der Waals surface area contributed by atoms with Crippen molar-refractivity contribution in [3.63, 3.8) is 0 Å². The minimum atomic E-state index is -4.65. The molecular weight excluding hydrogens is 509 g/mol. The van der Waals surface area contributed by atoms with Gasteiger partial charge in [0, 0.05) is 43.6 Å². The average Bonchev–Trinajstić information content (AvgIpc) is 2.91. The van der Waals surface area contributed by atoms with E-state index in [1.54, 1.807) is 0 Å². The highest BCUT2D eigenvalue weighted by Gasteiger charge is 2.35. The minimum absolute atomic E-state index is 0.0118. The average molecular weight is 547 g/mol. The first-order chi connectivity index (χ1) is 18.4. The molecule has 0 spiro atoms. The van der Waals surface area contributed by atoms with E-state index in [4.69, 9.17) is 4.74 Å². The molecule has 1 heterocycles. The van der Waals surface area contributed by atoms with Gasteiger partial charge in [0.2, 0.25) is 5.91 Å². The predicted octanol–water partition coefficient (Wildman–Crippen LogP) is 6.49. The molecular formula is C29H37F3N4O3. The van der Waals surface area contributed by atoms with Crippen molar-refractivity contribution in [3.8, 4) is 0 Å². The van der Waals surface area contributed by atoms with E-state index < -0.39 is 17.4 Å². The molecule has 0 unspecified atom stereocenters. The zero-order valence-corrected chi connectivity index (χ0v) is 22.8. The zero-order chi connectivity index (χ0) is 28.2. The highest BCUT2D eigenvalue weighted by atomic mass is 19.4. The highest BCUT2D eigenvalue weighted by molar-refractivity contribution is 5.77. The van der Waals surface area contributed by atoms with Gasteiger partial charge in [-0.1, -0.05) is 32.9 Å². The first kappa shape index (κ1) is 28.9. The second kappa shape index (κ2) is 11.9.